The van der Waals surface area contributed by atoms with Crippen molar-refractivity contribution in [1.82, 2.24) is 14.1 Å². The van der Waals surface area contributed by atoms with E-state index in [1.165, 1.54) is 23.9 Å². The van der Waals surface area contributed by atoms with Crippen LogP contribution in [0.15, 0.2) is 47.9 Å². The number of rotatable bonds is 8. The van der Waals surface area contributed by atoms with E-state index in [0.717, 1.165) is 17.0 Å². The Morgan fingerprint density at radius 1 is 1.32 bits per heavy atom. The van der Waals surface area contributed by atoms with Crippen molar-refractivity contribution in [1.29, 1.82) is 0 Å². The van der Waals surface area contributed by atoms with E-state index in [0.29, 0.717) is 17.5 Å². The number of hydrogen-bond donors (Lipinski definition) is 0. The summed E-state index contributed by atoms with van der Waals surface area (Å²) in [5.41, 5.74) is 3.38. The molecule has 0 unspecified atom stereocenters. The Balaban J connectivity index is 1.76. The number of carbonyl (C=O) groups is 1. The largest absolute Gasteiger partial charge is 0.383 e. The first-order chi connectivity index (χ1) is 13.4. The second-order valence-corrected chi connectivity index (χ2v) is 7.67. The van der Waals surface area contributed by atoms with Gasteiger partial charge in [0.15, 0.2) is 10.9 Å². The van der Waals surface area contributed by atoms with Crippen LogP contribution in [0.3, 0.4) is 0 Å². The van der Waals surface area contributed by atoms with Gasteiger partial charge in [-0.25, -0.2) is 9.37 Å². The fraction of sp³-hybridized carbons (Fsp3) is 0.333. The topological polar surface area (TPSA) is 49.1 Å². The molecule has 28 heavy (non-hydrogen) atoms. The highest BCUT2D eigenvalue weighted by Gasteiger charge is 2.19. The van der Waals surface area contributed by atoms with Crippen molar-refractivity contribution in [2.45, 2.75) is 32.0 Å². The number of thioether (sulfide) groups is 1. The predicted molar refractivity (Wildman–Crippen MR) is 109 cm³/mol. The number of methoxy groups -OCH3 is 1. The van der Waals surface area contributed by atoms with Crippen molar-refractivity contribution in [3.63, 3.8) is 0 Å². The van der Waals surface area contributed by atoms with Crippen LogP contribution in [0.2, 0.25) is 0 Å². The maximum Gasteiger partial charge on any atom is 0.175 e. The zero-order valence-corrected chi connectivity index (χ0v) is 17.3. The molecule has 0 amide bonds. The van der Waals surface area contributed by atoms with E-state index < -0.39 is 0 Å². The molecule has 0 aliphatic carbocycles. The molecule has 2 aromatic heterocycles. The quantitative estimate of drug-likeness (QED) is 0.408. The van der Waals surface area contributed by atoms with Gasteiger partial charge in [-0.2, -0.15) is 0 Å². The van der Waals surface area contributed by atoms with E-state index >= 15 is 0 Å². The highest BCUT2D eigenvalue weighted by Crippen LogP contribution is 2.25. The number of imidazole rings is 1. The summed E-state index contributed by atoms with van der Waals surface area (Å²) in [6.07, 6.45) is 3.41. The van der Waals surface area contributed by atoms with Gasteiger partial charge in [-0.1, -0.05) is 17.8 Å². The summed E-state index contributed by atoms with van der Waals surface area (Å²) < 4.78 is 22.7. The molecule has 3 aromatic rings. The maximum absolute atomic E-state index is 13.5. The second-order valence-electron chi connectivity index (χ2n) is 6.73. The molecule has 2 heterocycles. The van der Waals surface area contributed by atoms with Crippen molar-refractivity contribution in [3.8, 4) is 5.69 Å². The molecule has 0 fully saturated rings. The zero-order chi connectivity index (χ0) is 20.3. The van der Waals surface area contributed by atoms with Crippen molar-refractivity contribution < 1.29 is 13.9 Å². The lowest BCUT2D eigenvalue weighted by atomic mass is 10.2. The van der Waals surface area contributed by atoms with Gasteiger partial charge < -0.3 is 9.30 Å². The summed E-state index contributed by atoms with van der Waals surface area (Å²) in [6, 6.07) is 8.40. The molecule has 0 bridgehead atoms. The Bertz CT molecular complexity index is 980. The van der Waals surface area contributed by atoms with Crippen LogP contribution in [0.25, 0.3) is 5.69 Å². The number of ether oxygens (including phenoxy) is 1. The number of Topliss-reactive ketones (excluding diaryl/α,β-unsaturated/α-hetero) is 1. The fourth-order valence-corrected chi connectivity index (χ4v) is 4.34. The predicted octanol–water partition coefficient (Wildman–Crippen LogP) is 4.61. The van der Waals surface area contributed by atoms with Crippen molar-refractivity contribution in [2.75, 3.05) is 19.5 Å². The number of ketones is 1. The van der Waals surface area contributed by atoms with Gasteiger partial charge in [0.25, 0.3) is 0 Å². The van der Waals surface area contributed by atoms with E-state index in [9.17, 15) is 9.18 Å². The van der Waals surface area contributed by atoms with E-state index in [1.807, 2.05) is 19.9 Å². The number of aryl methyl sites for hydroxylation is 1. The Morgan fingerprint density at radius 2 is 2.11 bits per heavy atom. The van der Waals surface area contributed by atoms with Crippen LogP contribution in [0, 0.1) is 19.7 Å². The molecule has 0 saturated carbocycles. The average molecular weight is 402 g/mol. The molecule has 0 spiro atoms. The van der Waals surface area contributed by atoms with Crippen LogP contribution in [0.1, 0.15) is 34.7 Å². The number of benzene rings is 1. The number of aromatic nitrogens is 3. The van der Waals surface area contributed by atoms with Gasteiger partial charge in [0.1, 0.15) is 5.82 Å². The summed E-state index contributed by atoms with van der Waals surface area (Å²) in [5.74, 6) is -0.00597. The standard InChI is InChI=1S/C21H24FN3O2S/c1-14-10-19(16(3)25(14)15(2)12-27-4)20(26)13-28-21-23-8-9-24(21)18-7-5-6-17(22)11-18/h5-11,15H,12-13H2,1-4H3/t15-/m1/s1. The van der Waals surface area contributed by atoms with E-state index in [1.54, 1.807) is 36.2 Å². The van der Waals surface area contributed by atoms with Crippen molar-refractivity contribution >= 4 is 17.5 Å². The lowest BCUT2D eigenvalue weighted by Crippen LogP contribution is -2.14. The van der Waals surface area contributed by atoms with Crippen LogP contribution in [-0.2, 0) is 4.74 Å². The highest BCUT2D eigenvalue weighted by molar-refractivity contribution is 7.99. The van der Waals surface area contributed by atoms with Crippen LogP contribution >= 0.6 is 11.8 Å². The third-order valence-electron chi connectivity index (χ3n) is 4.66. The molecule has 0 saturated heterocycles. The van der Waals surface area contributed by atoms with Gasteiger partial charge in [-0.15, -0.1) is 0 Å². The first-order valence-electron chi connectivity index (χ1n) is 9.05. The molecular weight excluding hydrogens is 377 g/mol. The van der Waals surface area contributed by atoms with Crippen LogP contribution < -0.4 is 0 Å². The molecule has 0 radical (unpaired) electrons. The van der Waals surface area contributed by atoms with Crippen LogP contribution in [0.4, 0.5) is 4.39 Å². The molecule has 3 rings (SSSR count). The molecular formula is C21H24FN3O2S. The first kappa shape index (κ1) is 20.4. The smallest absolute Gasteiger partial charge is 0.175 e. The zero-order valence-electron chi connectivity index (χ0n) is 16.5. The molecule has 0 aliphatic rings. The normalized spacial score (nSPS) is 12.3. The van der Waals surface area contributed by atoms with Gasteiger partial charge in [-0.3, -0.25) is 9.36 Å². The summed E-state index contributed by atoms with van der Waals surface area (Å²) in [4.78, 5) is 17.2. The molecule has 0 aliphatic heterocycles. The van der Waals surface area contributed by atoms with Crippen LogP contribution in [-0.4, -0.2) is 39.4 Å². The number of nitrogens with zero attached hydrogens (tertiary/aromatic N) is 3. The van der Waals surface area contributed by atoms with E-state index in [-0.39, 0.29) is 23.4 Å². The Morgan fingerprint density at radius 3 is 2.82 bits per heavy atom. The lowest BCUT2D eigenvalue weighted by Gasteiger charge is -2.17. The minimum absolute atomic E-state index is 0.0442. The van der Waals surface area contributed by atoms with E-state index in [4.69, 9.17) is 4.74 Å². The average Bonchev–Trinajstić information content (AvgIpc) is 3.24. The molecule has 5 nitrogen and oxygen atoms in total. The molecule has 0 N–H and O–H groups in total. The number of carbonyl (C=O) groups excluding carboxylic acids is 1. The Kier molecular flexibility index (Phi) is 6.36. The lowest BCUT2D eigenvalue weighted by molar-refractivity contribution is 0.102. The third kappa shape index (κ3) is 4.20. The molecule has 148 valence electrons. The Hall–Kier alpha value is -2.38. The van der Waals surface area contributed by atoms with Gasteiger partial charge in [-0.05, 0) is 45.0 Å². The maximum atomic E-state index is 13.5. The third-order valence-corrected chi connectivity index (χ3v) is 5.63. The van der Waals surface area contributed by atoms with E-state index in [2.05, 4.69) is 16.5 Å². The van der Waals surface area contributed by atoms with Gasteiger partial charge in [0, 0.05) is 36.5 Å². The minimum atomic E-state index is -0.309. The number of halogens is 1. The van der Waals surface area contributed by atoms with Gasteiger partial charge in [0.05, 0.1) is 24.1 Å². The molecule has 1 aromatic carbocycles. The van der Waals surface area contributed by atoms with Gasteiger partial charge in [0.2, 0.25) is 0 Å². The SMILES string of the molecule is COC[C@@H](C)n1c(C)cc(C(=O)CSc2nccn2-c2cccc(F)c2)c1C. The Labute approximate surface area is 168 Å². The first-order valence-corrected chi connectivity index (χ1v) is 10.0. The van der Waals surface area contributed by atoms with Crippen molar-refractivity contribution in [3.05, 3.63) is 65.5 Å². The van der Waals surface area contributed by atoms with Crippen molar-refractivity contribution in [2.24, 2.45) is 0 Å². The highest BCUT2D eigenvalue weighted by atomic mass is 32.2. The summed E-state index contributed by atoms with van der Waals surface area (Å²) in [5, 5.41) is 0.653. The van der Waals surface area contributed by atoms with Gasteiger partial charge >= 0.3 is 0 Å². The molecule has 7 heteroatoms. The molecule has 1 atom stereocenters. The monoisotopic (exact) mass is 401 g/mol. The summed E-state index contributed by atoms with van der Waals surface area (Å²) in [7, 11) is 1.67. The fourth-order valence-electron chi connectivity index (χ4n) is 3.48. The minimum Gasteiger partial charge on any atom is -0.383 e. The number of hydrogen-bond acceptors (Lipinski definition) is 4. The summed E-state index contributed by atoms with van der Waals surface area (Å²) >= 11 is 1.35. The van der Waals surface area contributed by atoms with Crippen LogP contribution in [0.5, 0.6) is 0 Å². The second kappa shape index (κ2) is 8.75. The summed E-state index contributed by atoms with van der Waals surface area (Å²) in [6.45, 7) is 6.62.